The second-order valence-corrected chi connectivity index (χ2v) is 6.53. The molecule has 0 spiro atoms. The zero-order valence-corrected chi connectivity index (χ0v) is 15.0. The summed E-state index contributed by atoms with van der Waals surface area (Å²) in [6, 6.07) is 8.43. The van der Waals surface area contributed by atoms with Gasteiger partial charge in [0.25, 0.3) is 0 Å². The standard InChI is InChI=1S/C16H16ClN3O4S/c1-10-19-20-16(25-10)18-13(21)7-8-14(22)24-12(9-17)15(23)11-5-3-2-4-6-11/h2-6,12H,7-9H2,1H3,(H,18,20,21)/t12-/m1/s1. The number of halogens is 1. The van der Waals surface area contributed by atoms with E-state index in [9.17, 15) is 14.4 Å². The van der Waals surface area contributed by atoms with Crippen molar-refractivity contribution in [1.29, 1.82) is 0 Å². The molecule has 0 bridgehead atoms. The summed E-state index contributed by atoms with van der Waals surface area (Å²) in [4.78, 5) is 35.9. The number of benzene rings is 1. The van der Waals surface area contributed by atoms with Crippen molar-refractivity contribution >= 4 is 45.7 Å². The monoisotopic (exact) mass is 381 g/mol. The minimum absolute atomic E-state index is 0.0913. The van der Waals surface area contributed by atoms with Crippen molar-refractivity contribution in [2.75, 3.05) is 11.2 Å². The number of carbonyl (C=O) groups is 3. The predicted octanol–water partition coefficient (Wildman–Crippen LogP) is 2.60. The first-order valence-electron chi connectivity index (χ1n) is 7.44. The lowest BCUT2D eigenvalue weighted by molar-refractivity contribution is -0.147. The van der Waals surface area contributed by atoms with E-state index >= 15 is 0 Å². The summed E-state index contributed by atoms with van der Waals surface area (Å²) in [6.45, 7) is 1.76. The van der Waals surface area contributed by atoms with E-state index in [1.165, 1.54) is 11.3 Å². The van der Waals surface area contributed by atoms with Crippen LogP contribution in [0.25, 0.3) is 0 Å². The predicted molar refractivity (Wildman–Crippen MR) is 93.9 cm³/mol. The number of rotatable bonds is 8. The molecule has 0 aliphatic carbocycles. The van der Waals surface area contributed by atoms with E-state index in [0.29, 0.717) is 10.7 Å². The molecular weight excluding hydrogens is 366 g/mol. The first-order valence-corrected chi connectivity index (χ1v) is 8.79. The Labute approximate surface area is 153 Å². The number of nitrogens with one attached hydrogen (secondary N) is 1. The van der Waals surface area contributed by atoms with Crippen LogP contribution >= 0.6 is 22.9 Å². The highest BCUT2D eigenvalue weighted by Crippen LogP contribution is 2.14. The highest BCUT2D eigenvalue weighted by Gasteiger charge is 2.23. The largest absolute Gasteiger partial charge is 0.453 e. The molecule has 0 fully saturated rings. The Kier molecular flexibility index (Phi) is 7.03. The number of esters is 1. The Balaban J connectivity index is 1.81. The van der Waals surface area contributed by atoms with Crippen LogP contribution in [0.15, 0.2) is 30.3 Å². The van der Waals surface area contributed by atoms with Crippen molar-refractivity contribution < 1.29 is 19.1 Å². The van der Waals surface area contributed by atoms with E-state index in [1.807, 2.05) is 0 Å². The molecule has 1 heterocycles. The van der Waals surface area contributed by atoms with Gasteiger partial charge in [0.2, 0.25) is 16.8 Å². The number of nitrogens with zero attached hydrogens (tertiary/aromatic N) is 2. The summed E-state index contributed by atoms with van der Waals surface area (Å²) >= 11 is 6.97. The van der Waals surface area contributed by atoms with Crippen molar-refractivity contribution in [3.63, 3.8) is 0 Å². The molecule has 0 unspecified atom stereocenters. The number of alkyl halides is 1. The van der Waals surface area contributed by atoms with Crippen LogP contribution in [-0.4, -0.2) is 39.8 Å². The van der Waals surface area contributed by atoms with Crippen molar-refractivity contribution in [2.45, 2.75) is 25.9 Å². The van der Waals surface area contributed by atoms with Gasteiger partial charge in [-0.2, -0.15) is 0 Å². The number of amides is 1. The van der Waals surface area contributed by atoms with Crippen molar-refractivity contribution in [3.8, 4) is 0 Å². The molecule has 0 saturated carbocycles. The SMILES string of the molecule is Cc1nnc(NC(=O)CCC(=O)O[C@H](CCl)C(=O)c2ccccc2)s1. The number of ketones is 1. The van der Waals surface area contributed by atoms with Gasteiger partial charge in [0.15, 0.2) is 6.10 Å². The van der Waals surface area contributed by atoms with Gasteiger partial charge in [-0.1, -0.05) is 41.7 Å². The maximum absolute atomic E-state index is 12.2. The molecule has 1 aromatic carbocycles. The Morgan fingerprint density at radius 2 is 1.92 bits per heavy atom. The summed E-state index contributed by atoms with van der Waals surface area (Å²) < 4.78 is 5.09. The van der Waals surface area contributed by atoms with E-state index in [4.69, 9.17) is 16.3 Å². The Hall–Kier alpha value is -2.32. The van der Waals surface area contributed by atoms with Gasteiger partial charge in [0.05, 0.1) is 12.3 Å². The molecule has 25 heavy (non-hydrogen) atoms. The van der Waals surface area contributed by atoms with E-state index in [2.05, 4.69) is 15.5 Å². The lowest BCUT2D eigenvalue weighted by atomic mass is 10.1. The number of aromatic nitrogens is 2. The first kappa shape index (κ1) is 19.0. The van der Waals surface area contributed by atoms with E-state index in [1.54, 1.807) is 37.3 Å². The molecule has 132 valence electrons. The highest BCUT2D eigenvalue weighted by atomic mass is 35.5. The number of aryl methyl sites for hydroxylation is 1. The van der Waals surface area contributed by atoms with Crippen LogP contribution in [0, 0.1) is 6.92 Å². The number of carbonyl (C=O) groups excluding carboxylic acids is 3. The molecule has 0 aliphatic rings. The lowest BCUT2D eigenvalue weighted by Crippen LogP contribution is -2.29. The zero-order chi connectivity index (χ0) is 18.2. The highest BCUT2D eigenvalue weighted by molar-refractivity contribution is 7.15. The average molecular weight is 382 g/mol. The molecule has 9 heteroatoms. The normalized spacial score (nSPS) is 11.6. The molecule has 0 aliphatic heterocycles. The van der Waals surface area contributed by atoms with Gasteiger partial charge >= 0.3 is 5.97 Å². The van der Waals surface area contributed by atoms with Gasteiger partial charge in [0, 0.05) is 12.0 Å². The minimum Gasteiger partial charge on any atom is -0.453 e. The Morgan fingerprint density at radius 3 is 2.52 bits per heavy atom. The lowest BCUT2D eigenvalue weighted by Gasteiger charge is -2.14. The summed E-state index contributed by atoms with van der Waals surface area (Å²) in [6.07, 6.45) is -1.34. The molecule has 2 rings (SSSR count). The number of anilines is 1. The Morgan fingerprint density at radius 1 is 1.20 bits per heavy atom. The van der Waals surface area contributed by atoms with Gasteiger partial charge in [-0.25, -0.2) is 0 Å². The van der Waals surface area contributed by atoms with Gasteiger partial charge < -0.3 is 10.1 Å². The van der Waals surface area contributed by atoms with Crippen molar-refractivity contribution in [3.05, 3.63) is 40.9 Å². The smallest absolute Gasteiger partial charge is 0.307 e. The molecule has 1 aromatic heterocycles. The van der Waals surface area contributed by atoms with Gasteiger partial charge in [-0.05, 0) is 6.92 Å². The number of Topliss-reactive ketones (excluding diaryl/α,β-unsaturated/α-hetero) is 1. The summed E-state index contributed by atoms with van der Waals surface area (Å²) in [5.41, 5.74) is 0.408. The van der Waals surface area contributed by atoms with Gasteiger partial charge in [-0.3, -0.25) is 14.4 Å². The molecule has 2 aromatic rings. The quantitative estimate of drug-likeness (QED) is 0.428. The van der Waals surface area contributed by atoms with Gasteiger partial charge in [0.1, 0.15) is 5.01 Å². The van der Waals surface area contributed by atoms with Crippen LogP contribution in [0.4, 0.5) is 5.13 Å². The zero-order valence-electron chi connectivity index (χ0n) is 13.4. The molecule has 0 saturated heterocycles. The second kappa shape index (κ2) is 9.24. The first-order chi connectivity index (χ1) is 12.0. The molecule has 7 nitrogen and oxygen atoms in total. The number of ether oxygens (including phenoxy) is 1. The fourth-order valence-corrected chi connectivity index (χ4v) is 2.72. The van der Waals surface area contributed by atoms with Crippen LogP contribution in [0.2, 0.25) is 0 Å². The molecule has 0 radical (unpaired) electrons. The number of hydrogen-bond acceptors (Lipinski definition) is 7. The summed E-state index contributed by atoms with van der Waals surface area (Å²) in [5, 5.41) is 11.2. The van der Waals surface area contributed by atoms with E-state index in [0.717, 1.165) is 5.01 Å². The fourth-order valence-electron chi connectivity index (χ4n) is 1.91. The topological polar surface area (TPSA) is 98.2 Å². The van der Waals surface area contributed by atoms with Crippen molar-refractivity contribution in [1.82, 2.24) is 10.2 Å². The molecule has 1 atom stereocenters. The summed E-state index contributed by atoms with van der Waals surface area (Å²) in [5.74, 6) is -1.59. The van der Waals surface area contributed by atoms with Gasteiger partial charge in [-0.15, -0.1) is 21.8 Å². The second-order valence-electron chi connectivity index (χ2n) is 5.04. The fraction of sp³-hybridized carbons (Fsp3) is 0.312. The van der Waals surface area contributed by atoms with Crippen LogP contribution in [0.3, 0.4) is 0 Å². The van der Waals surface area contributed by atoms with Crippen LogP contribution < -0.4 is 5.32 Å². The molecule has 1 amide bonds. The minimum atomic E-state index is -1.08. The summed E-state index contributed by atoms with van der Waals surface area (Å²) in [7, 11) is 0. The third-order valence-corrected chi connectivity index (χ3v) is 4.13. The maximum atomic E-state index is 12.2. The van der Waals surface area contributed by atoms with E-state index in [-0.39, 0.29) is 30.4 Å². The third-order valence-electron chi connectivity index (χ3n) is 3.09. The van der Waals surface area contributed by atoms with E-state index < -0.39 is 12.1 Å². The van der Waals surface area contributed by atoms with Crippen LogP contribution in [0.1, 0.15) is 28.2 Å². The maximum Gasteiger partial charge on any atom is 0.307 e. The van der Waals surface area contributed by atoms with Crippen LogP contribution in [0.5, 0.6) is 0 Å². The third kappa shape index (κ3) is 5.91. The molecular formula is C16H16ClN3O4S. The van der Waals surface area contributed by atoms with Crippen molar-refractivity contribution in [2.24, 2.45) is 0 Å². The van der Waals surface area contributed by atoms with Crippen LogP contribution in [-0.2, 0) is 14.3 Å². The number of hydrogen-bond donors (Lipinski definition) is 1. The Bertz CT molecular complexity index is 751. The molecule has 1 N–H and O–H groups in total. The average Bonchev–Trinajstić information content (AvgIpc) is 3.02.